The highest BCUT2D eigenvalue weighted by Gasteiger charge is 2.36. The summed E-state index contributed by atoms with van der Waals surface area (Å²) >= 11 is 0. The van der Waals surface area contributed by atoms with Gasteiger partial charge in [0.05, 0.1) is 10.5 Å². The Morgan fingerprint density at radius 1 is 1.32 bits per heavy atom. The van der Waals surface area contributed by atoms with Crippen LogP contribution in [0.3, 0.4) is 0 Å². The third-order valence-electron chi connectivity index (χ3n) is 3.89. The van der Waals surface area contributed by atoms with Crippen molar-refractivity contribution in [3.63, 3.8) is 0 Å². The Balaban J connectivity index is 0.00000176. The molecule has 0 bridgehead atoms. The van der Waals surface area contributed by atoms with Crippen molar-refractivity contribution in [1.82, 2.24) is 10.1 Å². The Bertz CT molecular complexity index is 695. The van der Waals surface area contributed by atoms with E-state index in [2.05, 4.69) is 10.1 Å². The van der Waals surface area contributed by atoms with Crippen molar-refractivity contribution in [3.8, 4) is 11.5 Å². The van der Waals surface area contributed by atoms with Crippen molar-refractivity contribution in [2.24, 2.45) is 5.73 Å². The van der Waals surface area contributed by atoms with Crippen LogP contribution in [0.1, 0.15) is 37.1 Å². The number of hydrogen-bond donors (Lipinski definition) is 1. The summed E-state index contributed by atoms with van der Waals surface area (Å²) in [4.78, 5) is 14.8. The molecule has 22 heavy (non-hydrogen) atoms. The van der Waals surface area contributed by atoms with Crippen molar-refractivity contribution in [2.75, 3.05) is 0 Å². The van der Waals surface area contributed by atoms with E-state index in [1.54, 1.807) is 13.0 Å². The highest BCUT2D eigenvalue weighted by molar-refractivity contribution is 5.85. The number of nitrogens with two attached hydrogens (primary N) is 1. The number of aromatic nitrogens is 2. The monoisotopic (exact) mass is 324 g/mol. The van der Waals surface area contributed by atoms with E-state index in [-0.39, 0.29) is 24.0 Å². The maximum Gasteiger partial charge on any atom is 0.270 e. The van der Waals surface area contributed by atoms with Crippen LogP contribution in [0.25, 0.3) is 11.5 Å². The predicted molar refractivity (Wildman–Crippen MR) is 82.7 cm³/mol. The van der Waals surface area contributed by atoms with E-state index < -0.39 is 10.5 Å². The Labute approximate surface area is 133 Å². The summed E-state index contributed by atoms with van der Waals surface area (Å²) in [5, 5.41) is 14.9. The lowest BCUT2D eigenvalue weighted by atomic mass is 9.98. The molecule has 0 atom stereocenters. The van der Waals surface area contributed by atoms with E-state index >= 15 is 0 Å². The van der Waals surface area contributed by atoms with Gasteiger partial charge < -0.3 is 10.3 Å². The fourth-order valence-corrected chi connectivity index (χ4v) is 2.76. The molecule has 1 aromatic carbocycles. The standard InChI is InChI=1S/C14H16N4O3.ClH/c1-9-6-10(8-11(7-9)18(19)20)12-16-13(17-21-12)14(15)4-2-3-5-14;/h6-8H,2-5,15H2,1H3;1H. The zero-order valence-electron chi connectivity index (χ0n) is 12.1. The molecule has 7 nitrogen and oxygen atoms in total. The summed E-state index contributed by atoms with van der Waals surface area (Å²) in [5.41, 5.74) is 7.07. The van der Waals surface area contributed by atoms with Gasteiger partial charge in [-0.15, -0.1) is 12.4 Å². The number of nitro groups is 1. The second-order valence-corrected chi connectivity index (χ2v) is 5.60. The van der Waals surface area contributed by atoms with E-state index in [9.17, 15) is 10.1 Å². The third kappa shape index (κ3) is 2.95. The smallest absolute Gasteiger partial charge is 0.270 e. The Morgan fingerprint density at radius 3 is 2.64 bits per heavy atom. The molecule has 0 radical (unpaired) electrons. The van der Waals surface area contributed by atoms with Crippen LogP contribution in [0.15, 0.2) is 22.7 Å². The molecule has 1 fully saturated rings. The molecule has 1 heterocycles. The van der Waals surface area contributed by atoms with Gasteiger partial charge in [0.25, 0.3) is 11.6 Å². The van der Waals surface area contributed by atoms with E-state index in [0.717, 1.165) is 31.2 Å². The van der Waals surface area contributed by atoms with Crippen molar-refractivity contribution < 1.29 is 9.45 Å². The number of aryl methyl sites for hydroxylation is 1. The minimum Gasteiger partial charge on any atom is -0.334 e. The van der Waals surface area contributed by atoms with Gasteiger partial charge in [-0.2, -0.15) is 4.98 Å². The lowest BCUT2D eigenvalue weighted by Crippen LogP contribution is -2.34. The third-order valence-corrected chi connectivity index (χ3v) is 3.89. The molecule has 0 spiro atoms. The van der Waals surface area contributed by atoms with Gasteiger partial charge in [-0.25, -0.2) is 0 Å². The second kappa shape index (κ2) is 6.02. The van der Waals surface area contributed by atoms with Crippen molar-refractivity contribution >= 4 is 18.1 Å². The van der Waals surface area contributed by atoms with Crippen LogP contribution in [0.5, 0.6) is 0 Å². The van der Waals surface area contributed by atoms with Gasteiger partial charge in [0.1, 0.15) is 0 Å². The molecular formula is C14H17ClN4O3. The van der Waals surface area contributed by atoms with Crippen LogP contribution >= 0.6 is 12.4 Å². The van der Waals surface area contributed by atoms with Crippen LogP contribution < -0.4 is 5.73 Å². The molecule has 8 heteroatoms. The molecule has 1 aromatic heterocycles. The Morgan fingerprint density at radius 2 is 2.00 bits per heavy atom. The van der Waals surface area contributed by atoms with Gasteiger partial charge in [-0.3, -0.25) is 10.1 Å². The SMILES string of the molecule is Cc1cc(-c2nc(C3(N)CCCC3)no2)cc([N+](=O)[O-])c1.Cl. The molecule has 118 valence electrons. The second-order valence-electron chi connectivity index (χ2n) is 5.60. The van der Waals surface area contributed by atoms with E-state index in [1.165, 1.54) is 12.1 Å². The average Bonchev–Trinajstić information content (AvgIpc) is 3.07. The van der Waals surface area contributed by atoms with E-state index in [1.807, 2.05) is 0 Å². The summed E-state index contributed by atoms with van der Waals surface area (Å²) in [6, 6.07) is 4.71. The van der Waals surface area contributed by atoms with Crippen LogP contribution in [0.2, 0.25) is 0 Å². The first-order chi connectivity index (χ1) is 9.98. The summed E-state index contributed by atoms with van der Waals surface area (Å²) in [5.74, 6) is 0.757. The number of nitrogens with zero attached hydrogens (tertiary/aromatic N) is 3. The maximum absolute atomic E-state index is 10.9. The topological polar surface area (TPSA) is 108 Å². The normalized spacial score (nSPS) is 16.3. The zero-order valence-corrected chi connectivity index (χ0v) is 12.9. The van der Waals surface area contributed by atoms with Gasteiger partial charge in [-0.1, -0.05) is 18.0 Å². The number of non-ortho nitro benzene ring substituents is 1. The zero-order chi connectivity index (χ0) is 15.0. The summed E-state index contributed by atoms with van der Waals surface area (Å²) in [6.07, 6.45) is 3.77. The quantitative estimate of drug-likeness (QED) is 0.686. The van der Waals surface area contributed by atoms with Crippen LogP contribution in [0, 0.1) is 17.0 Å². The van der Waals surface area contributed by atoms with E-state index in [0.29, 0.717) is 11.4 Å². The lowest BCUT2D eigenvalue weighted by Gasteiger charge is -2.17. The van der Waals surface area contributed by atoms with Crippen molar-refractivity contribution in [3.05, 3.63) is 39.7 Å². The Hall–Kier alpha value is -1.99. The highest BCUT2D eigenvalue weighted by atomic mass is 35.5. The van der Waals surface area contributed by atoms with Gasteiger partial charge >= 0.3 is 0 Å². The molecule has 1 aliphatic carbocycles. The average molecular weight is 325 g/mol. The van der Waals surface area contributed by atoms with Gasteiger partial charge in [0, 0.05) is 17.7 Å². The van der Waals surface area contributed by atoms with Crippen LogP contribution in [-0.4, -0.2) is 15.1 Å². The molecule has 0 unspecified atom stereocenters. The van der Waals surface area contributed by atoms with Crippen LogP contribution in [0.4, 0.5) is 5.69 Å². The molecule has 3 rings (SSSR count). The number of hydrogen-bond acceptors (Lipinski definition) is 6. The molecule has 1 saturated carbocycles. The molecule has 2 N–H and O–H groups in total. The first kappa shape index (κ1) is 16.4. The van der Waals surface area contributed by atoms with Gasteiger partial charge in [0.2, 0.25) is 0 Å². The fraction of sp³-hybridized carbons (Fsp3) is 0.429. The molecule has 1 aliphatic rings. The first-order valence-corrected chi connectivity index (χ1v) is 6.87. The summed E-state index contributed by atoms with van der Waals surface area (Å²) < 4.78 is 5.25. The minimum absolute atomic E-state index is 0. The van der Waals surface area contributed by atoms with Gasteiger partial charge in [0.15, 0.2) is 5.82 Å². The number of halogens is 1. The van der Waals surface area contributed by atoms with E-state index in [4.69, 9.17) is 10.3 Å². The predicted octanol–water partition coefficient (Wildman–Crippen LogP) is 3.10. The molecular weight excluding hydrogens is 308 g/mol. The number of benzene rings is 1. The fourth-order valence-electron chi connectivity index (χ4n) is 2.76. The lowest BCUT2D eigenvalue weighted by molar-refractivity contribution is -0.384. The number of nitro benzene ring substituents is 1. The molecule has 0 amide bonds. The van der Waals surface area contributed by atoms with Gasteiger partial charge in [-0.05, 0) is 31.4 Å². The highest BCUT2D eigenvalue weighted by Crippen LogP contribution is 2.35. The molecule has 0 saturated heterocycles. The minimum atomic E-state index is -0.530. The summed E-state index contributed by atoms with van der Waals surface area (Å²) in [6.45, 7) is 1.79. The molecule has 0 aliphatic heterocycles. The Kier molecular flexibility index (Phi) is 4.48. The van der Waals surface area contributed by atoms with Crippen molar-refractivity contribution in [2.45, 2.75) is 38.1 Å². The number of rotatable bonds is 3. The first-order valence-electron chi connectivity index (χ1n) is 6.87. The summed E-state index contributed by atoms with van der Waals surface area (Å²) in [7, 11) is 0. The largest absolute Gasteiger partial charge is 0.334 e. The van der Waals surface area contributed by atoms with Crippen molar-refractivity contribution in [1.29, 1.82) is 0 Å². The van der Waals surface area contributed by atoms with Crippen LogP contribution in [-0.2, 0) is 5.54 Å². The maximum atomic E-state index is 10.9. The molecule has 2 aromatic rings.